The van der Waals surface area contributed by atoms with Crippen LogP contribution in [-0.2, 0) is 23.7 Å². The molecule has 0 bridgehead atoms. The lowest BCUT2D eigenvalue weighted by molar-refractivity contribution is -0.140. The number of aliphatic hydroxyl groups is 1. The summed E-state index contributed by atoms with van der Waals surface area (Å²) in [4.78, 5) is 11.5. The summed E-state index contributed by atoms with van der Waals surface area (Å²) >= 11 is 0. The van der Waals surface area contributed by atoms with Gasteiger partial charge in [0.1, 0.15) is 12.4 Å². The normalized spacial score (nSPS) is 10.7. The van der Waals surface area contributed by atoms with E-state index >= 15 is 0 Å². The topological polar surface area (TPSA) is 83.5 Å². The van der Waals surface area contributed by atoms with Gasteiger partial charge in [-0.05, 0) is 12.1 Å². The Morgan fingerprint density at radius 3 is 1.87 bits per heavy atom. The number of aliphatic hydroxyl groups excluding tert-OH is 1. The Kier molecular flexibility index (Phi) is 12.0. The van der Waals surface area contributed by atoms with Crippen LogP contribution < -0.4 is 4.74 Å². The van der Waals surface area contributed by atoms with Crippen LogP contribution >= 0.6 is 0 Å². The molecule has 23 heavy (non-hydrogen) atoms. The number of hydrogen-bond acceptors (Lipinski definition) is 7. The second kappa shape index (κ2) is 14.1. The zero-order chi connectivity index (χ0) is 16.6. The van der Waals surface area contributed by atoms with E-state index in [1.807, 2.05) is 6.07 Å². The molecule has 1 aromatic rings. The lowest BCUT2D eigenvalue weighted by Crippen LogP contribution is -2.18. The van der Waals surface area contributed by atoms with Gasteiger partial charge in [-0.15, -0.1) is 0 Å². The number of hydrogen-bond donors (Lipinski definition) is 1. The van der Waals surface area contributed by atoms with Gasteiger partial charge in [0.05, 0.1) is 52.9 Å². The molecule has 1 aromatic carbocycles. The molecule has 0 aliphatic rings. The first kappa shape index (κ1) is 19.5. The molecular formula is C16H24O7. The van der Waals surface area contributed by atoms with Gasteiger partial charge in [-0.1, -0.05) is 18.2 Å². The number of ether oxygens (including phenoxy) is 5. The largest absolute Gasteiger partial charge is 0.425 e. The molecule has 0 saturated carbocycles. The van der Waals surface area contributed by atoms with Gasteiger partial charge < -0.3 is 28.8 Å². The monoisotopic (exact) mass is 328 g/mol. The molecule has 0 spiro atoms. The molecule has 1 rings (SSSR count). The van der Waals surface area contributed by atoms with Gasteiger partial charge in [-0.3, -0.25) is 0 Å². The Morgan fingerprint density at radius 2 is 1.30 bits per heavy atom. The molecular weight excluding hydrogens is 304 g/mol. The molecule has 7 heteroatoms. The summed E-state index contributed by atoms with van der Waals surface area (Å²) < 4.78 is 25.8. The number of carbonyl (C=O) groups excluding carboxylic acids is 1. The highest BCUT2D eigenvalue weighted by Gasteiger charge is 2.04. The Hall–Kier alpha value is -1.51. The van der Waals surface area contributed by atoms with Gasteiger partial charge in [0, 0.05) is 0 Å². The lowest BCUT2D eigenvalue weighted by Gasteiger charge is -2.07. The molecule has 0 saturated heterocycles. The van der Waals surface area contributed by atoms with Crippen LogP contribution in [0.2, 0.25) is 0 Å². The fourth-order valence-corrected chi connectivity index (χ4v) is 1.53. The van der Waals surface area contributed by atoms with E-state index in [0.717, 1.165) is 0 Å². The van der Waals surface area contributed by atoms with E-state index in [1.165, 1.54) is 0 Å². The molecule has 0 aromatic heterocycles. The van der Waals surface area contributed by atoms with Crippen molar-refractivity contribution in [1.82, 2.24) is 0 Å². The third-order valence-corrected chi connectivity index (χ3v) is 2.55. The van der Waals surface area contributed by atoms with E-state index < -0.39 is 5.97 Å². The fraction of sp³-hybridized carbons (Fsp3) is 0.562. The van der Waals surface area contributed by atoms with Crippen molar-refractivity contribution < 1.29 is 33.6 Å². The number of benzene rings is 1. The Bertz CT molecular complexity index is 397. The fourth-order valence-electron chi connectivity index (χ4n) is 1.53. The third-order valence-electron chi connectivity index (χ3n) is 2.55. The molecule has 0 unspecified atom stereocenters. The van der Waals surface area contributed by atoms with Gasteiger partial charge in [0.2, 0.25) is 0 Å². The van der Waals surface area contributed by atoms with E-state index in [9.17, 15) is 4.79 Å². The summed E-state index contributed by atoms with van der Waals surface area (Å²) in [5.74, 6) is 0.0554. The van der Waals surface area contributed by atoms with E-state index in [4.69, 9.17) is 28.8 Å². The second-order valence-corrected chi connectivity index (χ2v) is 4.40. The summed E-state index contributed by atoms with van der Waals surface area (Å²) in [6.07, 6.45) is 0. The van der Waals surface area contributed by atoms with Gasteiger partial charge in [0.25, 0.3) is 0 Å². The van der Waals surface area contributed by atoms with Crippen LogP contribution in [0, 0.1) is 0 Å². The van der Waals surface area contributed by atoms with E-state index in [-0.39, 0.29) is 13.2 Å². The zero-order valence-electron chi connectivity index (χ0n) is 13.1. The van der Waals surface area contributed by atoms with E-state index in [0.29, 0.717) is 52.0 Å². The summed E-state index contributed by atoms with van der Waals surface area (Å²) in [5.41, 5.74) is 0. The van der Waals surface area contributed by atoms with Gasteiger partial charge in [-0.2, -0.15) is 0 Å². The molecule has 0 atom stereocenters. The average molecular weight is 328 g/mol. The van der Waals surface area contributed by atoms with Crippen LogP contribution in [0.5, 0.6) is 5.75 Å². The lowest BCUT2D eigenvalue weighted by atomic mass is 10.3. The number of para-hydroxylation sites is 1. The molecule has 7 nitrogen and oxygen atoms in total. The standard InChI is InChI=1S/C16H24O7/c17-6-7-19-8-9-20-10-11-21-12-13-22-14-16(18)23-15-4-2-1-3-5-15/h1-5,17H,6-14H2. The predicted molar refractivity (Wildman–Crippen MR) is 82.4 cm³/mol. The van der Waals surface area contributed by atoms with E-state index in [2.05, 4.69) is 0 Å². The minimum Gasteiger partial charge on any atom is -0.425 e. The van der Waals surface area contributed by atoms with Crippen molar-refractivity contribution in [2.75, 3.05) is 59.5 Å². The molecule has 130 valence electrons. The first-order valence-electron chi connectivity index (χ1n) is 7.50. The second-order valence-electron chi connectivity index (χ2n) is 4.40. The molecule has 0 aliphatic heterocycles. The first-order chi connectivity index (χ1) is 11.3. The summed E-state index contributed by atoms with van der Waals surface area (Å²) in [7, 11) is 0. The van der Waals surface area contributed by atoms with Gasteiger partial charge >= 0.3 is 5.97 Å². The van der Waals surface area contributed by atoms with Crippen molar-refractivity contribution in [2.24, 2.45) is 0 Å². The summed E-state index contributed by atoms with van der Waals surface area (Å²) in [6.45, 7) is 2.73. The quantitative estimate of drug-likeness (QED) is 0.305. The van der Waals surface area contributed by atoms with Crippen molar-refractivity contribution in [3.63, 3.8) is 0 Å². The average Bonchev–Trinajstić information content (AvgIpc) is 2.57. The number of rotatable bonds is 14. The minimum absolute atomic E-state index is 0.0159. The maximum Gasteiger partial charge on any atom is 0.337 e. The first-order valence-corrected chi connectivity index (χ1v) is 7.50. The molecule has 0 heterocycles. The number of esters is 1. The summed E-state index contributed by atoms with van der Waals surface area (Å²) in [6, 6.07) is 8.83. The van der Waals surface area contributed by atoms with E-state index in [1.54, 1.807) is 24.3 Å². The predicted octanol–water partition coefficient (Wildman–Crippen LogP) is 0.651. The van der Waals surface area contributed by atoms with Crippen molar-refractivity contribution in [1.29, 1.82) is 0 Å². The smallest absolute Gasteiger partial charge is 0.337 e. The molecule has 1 N–H and O–H groups in total. The van der Waals surface area contributed by atoms with Gasteiger partial charge in [-0.25, -0.2) is 4.79 Å². The van der Waals surface area contributed by atoms with Gasteiger partial charge in [0.15, 0.2) is 0 Å². The van der Waals surface area contributed by atoms with Crippen molar-refractivity contribution >= 4 is 5.97 Å². The highest BCUT2D eigenvalue weighted by Crippen LogP contribution is 2.08. The molecule has 0 aliphatic carbocycles. The maximum atomic E-state index is 11.5. The van der Waals surface area contributed by atoms with Crippen LogP contribution in [0.25, 0.3) is 0 Å². The highest BCUT2D eigenvalue weighted by atomic mass is 16.6. The van der Waals surface area contributed by atoms with Crippen LogP contribution in [0.15, 0.2) is 30.3 Å². The van der Waals surface area contributed by atoms with Crippen LogP contribution in [-0.4, -0.2) is 70.5 Å². The van der Waals surface area contributed by atoms with Crippen molar-refractivity contribution in [2.45, 2.75) is 0 Å². The molecule has 0 fully saturated rings. The van der Waals surface area contributed by atoms with Crippen LogP contribution in [0.1, 0.15) is 0 Å². The highest BCUT2D eigenvalue weighted by molar-refractivity contribution is 5.73. The van der Waals surface area contributed by atoms with Crippen LogP contribution in [0.3, 0.4) is 0 Å². The Balaban J connectivity index is 1.83. The van der Waals surface area contributed by atoms with Crippen LogP contribution in [0.4, 0.5) is 0 Å². The maximum absolute atomic E-state index is 11.5. The zero-order valence-corrected chi connectivity index (χ0v) is 13.1. The molecule has 0 radical (unpaired) electrons. The Morgan fingerprint density at radius 1 is 0.783 bits per heavy atom. The van der Waals surface area contributed by atoms with Crippen molar-refractivity contribution in [3.8, 4) is 5.75 Å². The molecule has 0 amide bonds. The number of carbonyl (C=O) groups is 1. The Labute approximate surface area is 136 Å². The SMILES string of the molecule is O=C(COCCOCCOCCOCCO)Oc1ccccc1. The minimum atomic E-state index is -0.442. The third kappa shape index (κ3) is 11.7. The van der Waals surface area contributed by atoms with Crippen molar-refractivity contribution in [3.05, 3.63) is 30.3 Å². The summed E-state index contributed by atoms with van der Waals surface area (Å²) in [5, 5.41) is 8.49.